The molecule has 6 heteroatoms. The van der Waals surface area contributed by atoms with Crippen LogP contribution in [0.2, 0.25) is 0 Å². The average Bonchev–Trinajstić information content (AvgIpc) is 2.83. The number of rotatable bonds is 4. The fourth-order valence-corrected chi connectivity index (χ4v) is 2.30. The van der Waals surface area contributed by atoms with E-state index in [1.165, 1.54) is 0 Å². The van der Waals surface area contributed by atoms with Crippen LogP contribution in [0.15, 0.2) is 23.0 Å². The van der Waals surface area contributed by atoms with Crippen LogP contribution in [0.25, 0.3) is 11.6 Å². The van der Waals surface area contributed by atoms with Gasteiger partial charge in [0.15, 0.2) is 0 Å². The molecule has 3 rings (SSSR count). The molecule has 19 heavy (non-hydrogen) atoms. The van der Waals surface area contributed by atoms with Crippen molar-refractivity contribution in [3.05, 3.63) is 24.4 Å². The van der Waals surface area contributed by atoms with Gasteiger partial charge < -0.3 is 9.42 Å². The molecule has 100 valence electrons. The highest BCUT2D eigenvalue weighted by molar-refractivity contribution is 5.40. The van der Waals surface area contributed by atoms with Gasteiger partial charge >= 0.3 is 0 Å². The van der Waals surface area contributed by atoms with Crippen molar-refractivity contribution < 1.29 is 4.52 Å². The lowest BCUT2D eigenvalue weighted by Gasteiger charge is -2.38. The van der Waals surface area contributed by atoms with Crippen molar-refractivity contribution in [3.63, 3.8) is 0 Å². The van der Waals surface area contributed by atoms with E-state index in [9.17, 15) is 0 Å². The van der Waals surface area contributed by atoms with Gasteiger partial charge in [0.1, 0.15) is 0 Å². The van der Waals surface area contributed by atoms with E-state index >= 15 is 0 Å². The Hall–Kier alpha value is -1.82. The first kappa shape index (κ1) is 12.2. The molecular formula is C13H17N5O. The molecule has 1 aliphatic heterocycles. The van der Waals surface area contributed by atoms with E-state index in [2.05, 4.69) is 38.9 Å². The first-order chi connectivity index (χ1) is 9.22. The number of hydrogen-bond donors (Lipinski definition) is 0. The van der Waals surface area contributed by atoms with E-state index in [0.29, 0.717) is 29.4 Å². The van der Waals surface area contributed by atoms with Gasteiger partial charge in [0, 0.05) is 32.0 Å². The van der Waals surface area contributed by atoms with Crippen LogP contribution in [0.5, 0.6) is 0 Å². The van der Waals surface area contributed by atoms with Crippen molar-refractivity contribution in [2.45, 2.75) is 19.8 Å². The number of hydrogen-bond acceptors (Lipinski definition) is 6. The van der Waals surface area contributed by atoms with Crippen LogP contribution in [0.1, 0.15) is 25.7 Å². The lowest BCUT2D eigenvalue weighted by Crippen LogP contribution is -2.46. The quantitative estimate of drug-likeness (QED) is 0.830. The average molecular weight is 259 g/mol. The first-order valence-corrected chi connectivity index (χ1v) is 6.55. The summed E-state index contributed by atoms with van der Waals surface area (Å²) in [5, 5.41) is 3.95. The Morgan fingerprint density at radius 2 is 2.00 bits per heavy atom. The van der Waals surface area contributed by atoms with Gasteiger partial charge in [0.05, 0.1) is 5.92 Å². The summed E-state index contributed by atoms with van der Waals surface area (Å²) in [6, 6.07) is 1.76. The fraction of sp³-hybridized carbons (Fsp3) is 0.538. The maximum atomic E-state index is 5.31. The standard InChI is InChI=1S/C13H17N5O/c1-9(2)6-18-7-10(8-18)13-16-12(17-19-13)11-14-4-3-5-15-11/h3-5,9-10H,6-8H2,1-2H3. The fourth-order valence-electron chi connectivity index (χ4n) is 2.30. The van der Waals surface area contributed by atoms with Crippen molar-refractivity contribution in [1.29, 1.82) is 0 Å². The van der Waals surface area contributed by atoms with Crippen molar-refractivity contribution in [2.24, 2.45) is 5.92 Å². The first-order valence-electron chi connectivity index (χ1n) is 6.55. The largest absolute Gasteiger partial charge is 0.338 e. The molecule has 0 spiro atoms. The van der Waals surface area contributed by atoms with E-state index in [1.54, 1.807) is 18.5 Å². The summed E-state index contributed by atoms with van der Waals surface area (Å²) in [4.78, 5) is 15.0. The maximum absolute atomic E-state index is 5.31. The van der Waals surface area contributed by atoms with Crippen LogP contribution in [0.4, 0.5) is 0 Å². The second-order valence-electron chi connectivity index (χ2n) is 5.34. The van der Waals surface area contributed by atoms with Gasteiger partial charge in [-0.25, -0.2) is 9.97 Å². The van der Waals surface area contributed by atoms with E-state index in [1.807, 2.05) is 0 Å². The zero-order valence-electron chi connectivity index (χ0n) is 11.2. The number of aromatic nitrogens is 4. The zero-order chi connectivity index (χ0) is 13.2. The molecule has 1 saturated heterocycles. The van der Waals surface area contributed by atoms with Crippen LogP contribution < -0.4 is 0 Å². The molecule has 2 aromatic rings. The third-order valence-electron chi connectivity index (χ3n) is 3.14. The molecule has 0 saturated carbocycles. The zero-order valence-corrected chi connectivity index (χ0v) is 11.2. The summed E-state index contributed by atoms with van der Waals surface area (Å²) in [7, 11) is 0. The Kier molecular flexibility index (Phi) is 3.25. The Morgan fingerprint density at radius 3 is 2.68 bits per heavy atom. The molecule has 6 nitrogen and oxygen atoms in total. The van der Waals surface area contributed by atoms with E-state index < -0.39 is 0 Å². The van der Waals surface area contributed by atoms with E-state index in [-0.39, 0.29) is 0 Å². The molecule has 0 aliphatic carbocycles. The molecule has 0 N–H and O–H groups in total. The Bertz CT molecular complexity index is 533. The minimum absolute atomic E-state index is 0.351. The molecule has 1 fully saturated rings. The van der Waals surface area contributed by atoms with Crippen molar-refractivity contribution in [2.75, 3.05) is 19.6 Å². The lowest BCUT2D eigenvalue weighted by molar-refractivity contribution is 0.111. The molecule has 0 unspecified atom stereocenters. The highest BCUT2D eigenvalue weighted by Crippen LogP contribution is 2.27. The summed E-state index contributed by atoms with van der Waals surface area (Å²) < 4.78 is 5.31. The van der Waals surface area contributed by atoms with Gasteiger partial charge in [-0.15, -0.1) is 0 Å². The normalized spacial score (nSPS) is 16.8. The lowest BCUT2D eigenvalue weighted by atomic mass is 9.98. The predicted octanol–water partition coefficient (Wildman–Crippen LogP) is 1.58. The Morgan fingerprint density at radius 1 is 1.26 bits per heavy atom. The Labute approximate surface area is 111 Å². The maximum Gasteiger partial charge on any atom is 0.240 e. The third kappa shape index (κ3) is 2.63. The molecule has 3 heterocycles. The smallest absolute Gasteiger partial charge is 0.240 e. The number of likely N-dealkylation sites (tertiary alicyclic amines) is 1. The van der Waals surface area contributed by atoms with Gasteiger partial charge in [-0.1, -0.05) is 19.0 Å². The van der Waals surface area contributed by atoms with Crippen molar-refractivity contribution in [3.8, 4) is 11.6 Å². The van der Waals surface area contributed by atoms with Gasteiger partial charge in [-0.3, -0.25) is 0 Å². The van der Waals surface area contributed by atoms with E-state index in [4.69, 9.17) is 4.52 Å². The minimum Gasteiger partial charge on any atom is -0.338 e. The molecule has 2 aromatic heterocycles. The molecule has 0 amide bonds. The van der Waals surface area contributed by atoms with Crippen LogP contribution >= 0.6 is 0 Å². The van der Waals surface area contributed by atoms with Gasteiger partial charge in [0.25, 0.3) is 0 Å². The summed E-state index contributed by atoms with van der Waals surface area (Å²) in [6.45, 7) is 7.57. The summed E-state index contributed by atoms with van der Waals surface area (Å²) >= 11 is 0. The van der Waals surface area contributed by atoms with Crippen LogP contribution in [-0.4, -0.2) is 44.6 Å². The van der Waals surface area contributed by atoms with Crippen LogP contribution in [0.3, 0.4) is 0 Å². The molecule has 0 radical (unpaired) electrons. The Balaban J connectivity index is 1.64. The monoisotopic (exact) mass is 259 g/mol. The highest BCUT2D eigenvalue weighted by Gasteiger charge is 2.32. The molecule has 1 aliphatic rings. The second-order valence-corrected chi connectivity index (χ2v) is 5.34. The molecule has 0 bridgehead atoms. The third-order valence-corrected chi connectivity index (χ3v) is 3.14. The molecular weight excluding hydrogens is 242 g/mol. The van der Waals surface area contributed by atoms with Crippen LogP contribution in [-0.2, 0) is 0 Å². The van der Waals surface area contributed by atoms with Gasteiger partial charge in [0.2, 0.25) is 17.5 Å². The summed E-state index contributed by atoms with van der Waals surface area (Å²) in [6.07, 6.45) is 3.35. The van der Waals surface area contributed by atoms with Gasteiger partial charge in [-0.2, -0.15) is 4.98 Å². The molecule has 0 aromatic carbocycles. The van der Waals surface area contributed by atoms with Crippen LogP contribution in [0, 0.1) is 5.92 Å². The minimum atomic E-state index is 0.351. The van der Waals surface area contributed by atoms with Gasteiger partial charge in [-0.05, 0) is 12.0 Å². The van der Waals surface area contributed by atoms with Crippen molar-refractivity contribution >= 4 is 0 Å². The topological polar surface area (TPSA) is 67.9 Å². The number of nitrogens with zero attached hydrogens (tertiary/aromatic N) is 5. The summed E-state index contributed by atoms with van der Waals surface area (Å²) in [5.41, 5.74) is 0. The second kappa shape index (κ2) is 5.05. The predicted molar refractivity (Wildman–Crippen MR) is 69.3 cm³/mol. The van der Waals surface area contributed by atoms with E-state index in [0.717, 1.165) is 19.6 Å². The SMILES string of the molecule is CC(C)CN1CC(c2nc(-c3ncccn3)no2)C1. The molecule has 0 atom stereocenters. The summed E-state index contributed by atoms with van der Waals surface area (Å²) in [5.74, 6) is 2.72. The van der Waals surface area contributed by atoms with Crippen molar-refractivity contribution in [1.82, 2.24) is 25.0 Å². The highest BCUT2D eigenvalue weighted by atomic mass is 16.5.